The Morgan fingerprint density at radius 2 is 1.36 bits per heavy atom. The number of nitrogens with one attached hydrogen (secondary N) is 2. The molecule has 0 aromatic heterocycles. The maximum Gasteiger partial charge on any atom is 0.255 e. The van der Waals surface area contributed by atoms with Crippen molar-refractivity contribution in [2.24, 2.45) is 0 Å². The van der Waals surface area contributed by atoms with Gasteiger partial charge in [0.25, 0.3) is 11.8 Å². The van der Waals surface area contributed by atoms with E-state index in [1.54, 1.807) is 30.3 Å². The molecule has 0 atom stereocenters. The van der Waals surface area contributed by atoms with E-state index < -0.39 is 0 Å². The third kappa shape index (κ3) is 6.20. The molecule has 2 N–H and O–H groups in total. The lowest BCUT2D eigenvalue weighted by molar-refractivity contribution is 0.0952. The average molecular weight is 443 g/mol. The van der Waals surface area contributed by atoms with E-state index >= 15 is 0 Å². The summed E-state index contributed by atoms with van der Waals surface area (Å²) >= 11 is 0. The van der Waals surface area contributed by atoms with E-state index in [4.69, 9.17) is 0 Å². The number of rotatable bonds is 8. The van der Waals surface area contributed by atoms with E-state index in [1.807, 2.05) is 30.3 Å². The smallest absolute Gasteiger partial charge is 0.255 e. The molecule has 0 aliphatic carbocycles. The van der Waals surface area contributed by atoms with Gasteiger partial charge in [-0.2, -0.15) is 0 Å². The Morgan fingerprint density at radius 1 is 0.727 bits per heavy atom. The van der Waals surface area contributed by atoms with Gasteiger partial charge in [-0.1, -0.05) is 48.5 Å². The highest BCUT2D eigenvalue weighted by atomic mass is 16.2. The second-order valence-electron chi connectivity index (χ2n) is 8.14. The van der Waals surface area contributed by atoms with Crippen molar-refractivity contribution in [1.82, 2.24) is 10.2 Å². The van der Waals surface area contributed by atoms with Crippen LogP contribution in [0.4, 0.5) is 11.4 Å². The first-order valence-electron chi connectivity index (χ1n) is 11.5. The zero-order chi connectivity index (χ0) is 22.9. The molecule has 170 valence electrons. The van der Waals surface area contributed by atoms with Crippen molar-refractivity contribution >= 4 is 23.2 Å². The standard InChI is InChI=1S/C27H30N4O2/c32-26(22-10-3-1-4-11-22)29-25-15-8-7-14-24(25)27(33)28-16-9-17-30-18-20-31(21-19-30)23-12-5-2-6-13-23/h1-8,10-15H,9,16-21H2,(H,28,33)(H,29,32). The number of carbonyl (C=O) groups is 2. The van der Waals surface area contributed by atoms with Gasteiger partial charge < -0.3 is 15.5 Å². The summed E-state index contributed by atoms with van der Waals surface area (Å²) in [6, 6.07) is 26.6. The van der Waals surface area contributed by atoms with Gasteiger partial charge in [0, 0.05) is 44.0 Å². The summed E-state index contributed by atoms with van der Waals surface area (Å²) in [6.07, 6.45) is 0.885. The Hall–Kier alpha value is -3.64. The molecule has 6 nitrogen and oxygen atoms in total. The van der Waals surface area contributed by atoms with Crippen LogP contribution in [0.1, 0.15) is 27.1 Å². The molecule has 0 radical (unpaired) electrons. The second kappa shape index (κ2) is 11.3. The van der Waals surface area contributed by atoms with Gasteiger partial charge in [-0.25, -0.2) is 0 Å². The fourth-order valence-electron chi connectivity index (χ4n) is 4.04. The highest BCUT2D eigenvalue weighted by Gasteiger charge is 2.17. The molecule has 1 aliphatic heterocycles. The maximum absolute atomic E-state index is 12.8. The number of hydrogen-bond donors (Lipinski definition) is 2. The third-order valence-corrected chi connectivity index (χ3v) is 5.89. The van der Waals surface area contributed by atoms with Gasteiger partial charge in [-0.15, -0.1) is 0 Å². The lowest BCUT2D eigenvalue weighted by atomic mass is 10.1. The van der Waals surface area contributed by atoms with Gasteiger partial charge >= 0.3 is 0 Å². The normalized spacial score (nSPS) is 14.0. The average Bonchev–Trinajstić information content (AvgIpc) is 2.88. The third-order valence-electron chi connectivity index (χ3n) is 5.89. The highest BCUT2D eigenvalue weighted by molar-refractivity contribution is 6.08. The lowest BCUT2D eigenvalue weighted by Crippen LogP contribution is -2.47. The van der Waals surface area contributed by atoms with Gasteiger partial charge in [-0.3, -0.25) is 14.5 Å². The zero-order valence-electron chi connectivity index (χ0n) is 18.7. The van der Waals surface area contributed by atoms with Crippen molar-refractivity contribution < 1.29 is 9.59 Å². The van der Waals surface area contributed by atoms with Crippen molar-refractivity contribution in [3.05, 3.63) is 96.1 Å². The van der Waals surface area contributed by atoms with Crippen LogP contribution in [0, 0.1) is 0 Å². The summed E-state index contributed by atoms with van der Waals surface area (Å²) in [6.45, 7) is 5.64. The first kappa shape index (κ1) is 22.6. The molecule has 1 heterocycles. The van der Waals surface area contributed by atoms with Crippen molar-refractivity contribution in [3.8, 4) is 0 Å². The molecule has 1 aliphatic rings. The molecule has 3 aromatic carbocycles. The van der Waals surface area contributed by atoms with Crippen LogP contribution in [0.5, 0.6) is 0 Å². The predicted octanol–water partition coefficient (Wildman–Crippen LogP) is 3.88. The van der Waals surface area contributed by atoms with Crippen LogP contribution in [0.25, 0.3) is 0 Å². The molecule has 33 heavy (non-hydrogen) atoms. The monoisotopic (exact) mass is 442 g/mol. The number of anilines is 2. The Balaban J connectivity index is 1.22. The zero-order valence-corrected chi connectivity index (χ0v) is 18.7. The Morgan fingerprint density at radius 3 is 2.09 bits per heavy atom. The molecule has 2 amide bonds. The van der Waals surface area contributed by atoms with Crippen LogP contribution in [0.15, 0.2) is 84.9 Å². The molecular formula is C27H30N4O2. The summed E-state index contributed by atoms with van der Waals surface area (Å²) in [7, 11) is 0. The maximum atomic E-state index is 12.8. The quantitative estimate of drug-likeness (QED) is 0.520. The first-order chi connectivity index (χ1) is 16.2. The summed E-state index contributed by atoms with van der Waals surface area (Å²) in [5.74, 6) is -0.404. The van der Waals surface area contributed by atoms with Crippen LogP contribution in [0.3, 0.4) is 0 Å². The number of carbonyl (C=O) groups excluding carboxylic acids is 2. The SMILES string of the molecule is O=C(Nc1ccccc1C(=O)NCCCN1CCN(c2ccccc2)CC1)c1ccccc1. The van der Waals surface area contributed by atoms with E-state index in [1.165, 1.54) is 5.69 Å². The predicted molar refractivity (Wildman–Crippen MR) is 133 cm³/mol. The van der Waals surface area contributed by atoms with Gasteiger partial charge in [0.2, 0.25) is 0 Å². The van der Waals surface area contributed by atoms with Crippen LogP contribution in [0.2, 0.25) is 0 Å². The van der Waals surface area contributed by atoms with Gasteiger partial charge in [0.15, 0.2) is 0 Å². The van der Waals surface area contributed by atoms with Crippen molar-refractivity contribution in [3.63, 3.8) is 0 Å². The number of piperazine rings is 1. The molecule has 0 bridgehead atoms. The lowest BCUT2D eigenvalue weighted by Gasteiger charge is -2.36. The van der Waals surface area contributed by atoms with E-state index in [9.17, 15) is 9.59 Å². The second-order valence-corrected chi connectivity index (χ2v) is 8.14. The molecule has 3 aromatic rings. The molecule has 0 spiro atoms. The van der Waals surface area contributed by atoms with Crippen molar-refractivity contribution in [1.29, 1.82) is 0 Å². The minimum absolute atomic E-state index is 0.173. The molecule has 1 saturated heterocycles. The number of benzene rings is 3. The van der Waals surface area contributed by atoms with Gasteiger partial charge in [-0.05, 0) is 49.4 Å². The van der Waals surface area contributed by atoms with Gasteiger partial charge in [0.05, 0.1) is 11.3 Å². The highest BCUT2D eigenvalue weighted by Crippen LogP contribution is 2.17. The Bertz CT molecular complexity index is 1050. The number of nitrogens with zero attached hydrogens (tertiary/aromatic N) is 2. The van der Waals surface area contributed by atoms with Crippen LogP contribution in [-0.4, -0.2) is 56.0 Å². The summed E-state index contributed by atoms with van der Waals surface area (Å²) in [5, 5.41) is 5.85. The minimum atomic E-state index is -0.231. The van der Waals surface area contributed by atoms with Crippen LogP contribution >= 0.6 is 0 Å². The molecule has 1 fully saturated rings. The van der Waals surface area contributed by atoms with Crippen LogP contribution in [-0.2, 0) is 0 Å². The topological polar surface area (TPSA) is 64.7 Å². The summed E-state index contributed by atoms with van der Waals surface area (Å²) < 4.78 is 0. The van der Waals surface area contributed by atoms with E-state index in [-0.39, 0.29) is 11.8 Å². The summed E-state index contributed by atoms with van der Waals surface area (Å²) in [4.78, 5) is 30.1. The fourth-order valence-corrected chi connectivity index (χ4v) is 4.04. The molecule has 0 saturated carbocycles. The van der Waals surface area contributed by atoms with Crippen molar-refractivity contribution in [2.75, 3.05) is 49.5 Å². The minimum Gasteiger partial charge on any atom is -0.369 e. The van der Waals surface area contributed by atoms with E-state index in [2.05, 4.69) is 44.7 Å². The van der Waals surface area contributed by atoms with E-state index in [0.717, 1.165) is 39.1 Å². The number of amides is 2. The van der Waals surface area contributed by atoms with Gasteiger partial charge in [0.1, 0.15) is 0 Å². The molecule has 0 unspecified atom stereocenters. The Labute approximate surface area is 195 Å². The summed E-state index contributed by atoms with van der Waals surface area (Å²) in [5.41, 5.74) is 2.82. The molecule has 4 rings (SSSR count). The largest absolute Gasteiger partial charge is 0.369 e. The van der Waals surface area contributed by atoms with Crippen LogP contribution < -0.4 is 15.5 Å². The van der Waals surface area contributed by atoms with E-state index in [0.29, 0.717) is 23.4 Å². The Kier molecular flexibility index (Phi) is 7.72. The first-order valence-corrected chi connectivity index (χ1v) is 11.5. The van der Waals surface area contributed by atoms with Crippen molar-refractivity contribution in [2.45, 2.75) is 6.42 Å². The fraction of sp³-hybridized carbons (Fsp3) is 0.259. The molecular weight excluding hydrogens is 412 g/mol. The number of para-hydroxylation sites is 2. The number of hydrogen-bond acceptors (Lipinski definition) is 4. The molecule has 6 heteroatoms.